The van der Waals surface area contributed by atoms with E-state index in [0.29, 0.717) is 13.0 Å². The van der Waals surface area contributed by atoms with Crippen LogP contribution in [0, 0.1) is 6.92 Å². The van der Waals surface area contributed by atoms with Gasteiger partial charge in [0, 0.05) is 19.1 Å². The Morgan fingerprint density at radius 3 is 2.26 bits per heavy atom. The second-order valence-electron chi connectivity index (χ2n) is 12.0. The molecule has 3 N–H and O–H groups in total. The lowest BCUT2D eigenvalue weighted by Crippen LogP contribution is -2.60. The molecule has 0 saturated carbocycles. The molecular weight excluding hydrogens is 560 g/mol. The maximum absolute atomic E-state index is 13.6. The third-order valence-corrected chi connectivity index (χ3v) is 8.07. The molecule has 2 aromatic carbocycles. The van der Waals surface area contributed by atoms with Crippen molar-refractivity contribution in [3.05, 3.63) is 65.7 Å². The van der Waals surface area contributed by atoms with E-state index >= 15 is 0 Å². The van der Waals surface area contributed by atoms with Gasteiger partial charge in [-0.05, 0) is 65.7 Å². The summed E-state index contributed by atoms with van der Waals surface area (Å²) in [7, 11) is -3.77. The van der Waals surface area contributed by atoms with E-state index in [4.69, 9.17) is 9.47 Å². The third-order valence-electron chi connectivity index (χ3n) is 6.53. The quantitative estimate of drug-likeness (QED) is 0.359. The Bertz CT molecular complexity index is 1340. The van der Waals surface area contributed by atoms with Gasteiger partial charge in [0.2, 0.25) is 21.8 Å². The van der Waals surface area contributed by atoms with Gasteiger partial charge in [0.05, 0.1) is 18.1 Å². The van der Waals surface area contributed by atoms with Gasteiger partial charge < -0.3 is 25.0 Å². The highest BCUT2D eigenvalue weighted by molar-refractivity contribution is 7.89. The summed E-state index contributed by atoms with van der Waals surface area (Å²) in [6, 6.07) is 14.3. The summed E-state index contributed by atoms with van der Waals surface area (Å²) in [5.74, 6) is -1.02. The van der Waals surface area contributed by atoms with E-state index in [-0.39, 0.29) is 24.7 Å². The van der Waals surface area contributed by atoms with Crippen LogP contribution in [0.4, 0.5) is 4.79 Å². The Kier molecular flexibility index (Phi) is 10.7. The van der Waals surface area contributed by atoms with Crippen molar-refractivity contribution in [3.63, 3.8) is 0 Å². The number of likely N-dealkylation sites (tertiary alicyclic amines) is 1. The lowest BCUT2D eigenvalue weighted by atomic mass is 10.0. The molecule has 1 heterocycles. The molecule has 11 nitrogen and oxygen atoms in total. The first-order valence-electron chi connectivity index (χ1n) is 13.9. The van der Waals surface area contributed by atoms with Gasteiger partial charge in [-0.1, -0.05) is 48.0 Å². The van der Waals surface area contributed by atoms with Gasteiger partial charge in [-0.2, -0.15) is 0 Å². The van der Waals surface area contributed by atoms with Gasteiger partial charge in [0.25, 0.3) is 0 Å². The molecule has 0 radical (unpaired) electrons. The van der Waals surface area contributed by atoms with Crippen LogP contribution in [0.25, 0.3) is 0 Å². The Morgan fingerprint density at radius 2 is 1.64 bits per heavy atom. The van der Waals surface area contributed by atoms with Crippen molar-refractivity contribution in [2.75, 3.05) is 19.7 Å². The molecule has 1 fully saturated rings. The van der Waals surface area contributed by atoms with Crippen LogP contribution in [-0.4, -0.2) is 74.1 Å². The van der Waals surface area contributed by atoms with Gasteiger partial charge in [-0.3, -0.25) is 9.59 Å². The van der Waals surface area contributed by atoms with Crippen molar-refractivity contribution in [1.82, 2.24) is 20.3 Å². The topological polar surface area (TPSA) is 143 Å². The fourth-order valence-corrected chi connectivity index (χ4v) is 5.54. The van der Waals surface area contributed by atoms with E-state index < -0.39 is 51.2 Å². The highest BCUT2D eigenvalue weighted by Gasteiger charge is 2.38. The number of rotatable bonds is 11. The number of nitrogens with one attached hydrogen (secondary N) is 3. The second kappa shape index (κ2) is 13.7. The number of carbonyl (C=O) groups excluding carboxylic acids is 3. The highest BCUT2D eigenvalue weighted by atomic mass is 32.2. The number of hydrogen-bond acceptors (Lipinski definition) is 7. The number of nitrogens with zero attached hydrogens (tertiary/aromatic N) is 1. The molecular formula is C30H42N4O7S. The van der Waals surface area contributed by atoms with Gasteiger partial charge in [-0.15, -0.1) is 0 Å². The zero-order chi connectivity index (χ0) is 31.1. The summed E-state index contributed by atoms with van der Waals surface area (Å²) in [5, 5.41) is 5.26. The monoisotopic (exact) mass is 602 g/mol. The smallest absolute Gasteiger partial charge is 0.408 e. The maximum Gasteiger partial charge on any atom is 0.408 e. The molecule has 2 aromatic rings. The fraction of sp³-hybridized carbons (Fsp3) is 0.500. The highest BCUT2D eigenvalue weighted by Crippen LogP contribution is 2.17. The van der Waals surface area contributed by atoms with Crippen molar-refractivity contribution < 1.29 is 32.3 Å². The van der Waals surface area contributed by atoms with E-state index in [2.05, 4.69) is 15.4 Å². The SMILES string of the molecule is Cc1ccc(S(=O)(=O)NC2CCN(C(=O)C(COCc3ccccc3)NC(=O)C(C)(C)NC(=O)OC(C)(C)C)C2)cc1. The van der Waals surface area contributed by atoms with Crippen molar-refractivity contribution in [3.8, 4) is 0 Å². The Balaban J connectivity index is 1.68. The molecule has 0 bridgehead atoms. The largest absolute Gasteiger partial charge is 0.444 e. The van der Waals surface area contributed by atoms with Gasteiger partial charge >= 0.3 is 6.09 Å². The number of benzene rings is 2. The molecule has 12 heteroatoms. The van der Waals surface area contributed by atoms with Crippen molar-refractivity contribution in [2.45, 2.75) is 82.7 Å². The number of alkyl carbamates (subject to hydrolysis) is 1. The van der Waals surface area contributed by atoms with Crippen molar-refractivity contribution in [2.24, 2.45) is 0 Å². The Hall–Kier alpha value is -3.48. The van der Waals surface area contributed by atoms with Gasteiger partial charge in [0.1, 0.15) is 17.2 Å². The molecule has 42 heavy (non-hydrogen) atoms. The molecule has 230 valence electrons. The molecule has 2 atom stereocenters. The number of hydrogen-bond donors (Lipinski definition) is 3. The number of aryl methyl sites for hydroxylation is 1. The van der Waals surface area contributed by atoms with Crippen LogP contribution in [0.15, 0.2) is 59.5 Å². The summed E-state index contributed by atoms with van der Waals surface area (Å²) in [4.78, 5) is 40.9. The molecule has 0 spiro atoms. The van der Waals surface area contributed by atoms with Crippen LogP contribution >= 0.6 is 0 Å². The summed E-state index contributed by atoms with van der Waals surface area (Å²) < 4.78 is 39.5. The molecule has 3 rings (SSSR count). The van der Waals surface area contributed by atoms with Crippen LogP contribution < -0.4 is 15.4 Å². The number of carbonyl (C=O) groups is 3. The van der Waals surface area contributed by atoms with E-state index in [0.717, 1.165) is 11.1 Å². The first-order chi connectivity index (χ1) is 19.6. The van der Waals surface area contributed by atoms with Crippen LogP contribution in [0.1, 0.15) is 52.2 Å². The summed E-state index contributed by atoms with van der Waals surface area (Å²) in [5.41, 5.74) is -0.321. The van der Waals surface area contributed by atoms with Gasteiger partial charge in [0.15, 0.2) is 0 Å². The lowest BCUT2D eigenvalue weighted by Gasteiger charge is -2.30. The standard InChI is InChI=1S/C30H42N4O7S/c1-21-12-14-24(15-13-21)42(38,39)33-23-16-17-34(18-23)26(35)25(20-40-19-22-10-8-7-9-11-22)31-27(36)30(5,6)32-28(37)41-29(2,3)4/h7-15,23,25,33H,16-20H2,1-6H3,(H,31,36)(H,32,37). The molecule has 2 unspecified atom stereocenters. The van der Waals surface area contributed by atoms with E-state index in [1.165, 1.54) is 30.9 Å². The second-order valence-corrected chi connectivity index (χ2v) is 13.7. The molecule has 0 aliphatic carbocycles. The van der Waals surface area contributed by atoms with Crippen LogP contribution in [0.5, 0.6) is 0 Å². The summed E-state index contributed by atoms with van der Waals surface area (Å²) in [6.07, 6.45) is -0.359. The zero-order valence-corrected chi connectivity index (χ0v) is 25.9. The number of sulfonamides is 1. The molecule has 1 saturated heterocycles. The first-order valence-corrected chi connectivity index (χ1v) is 15.4. The third kappa shape index (κ3) is 9.81. The maximum atomic E-state index is 13.6. The minimum atomic E-state index is -3.77. The van der Waals surface area contributed by atoms with Crippen LogP contribution in [0.3, 0.4) is 0 Å². The van der Waals surface area contributed by atoms with E-state index in [1.54, 1.807) is 32.9 Å². The molecule has 3 amide bonds. The first kappa shape index (κ1) is 33.0. The average Bonchev–Trinajstić information content (AvgIpc) is 3.34. The molecule has 0 aromatic heterocycles. The minimum absolute atomic E-state index is 0.127. The lowest BCUT2D eigenvalue weighted by molar-refractivity contribution is -0.139. The van der Waals surface area contributed by atoms with Crippen LogP contribution in [0.2, 0.25) is 0 Å². The zero-order valence-electron chi connectivity index (χ0n) is 25.1. The summed E-state index contributed by atoms with van der Waals surface area (Å²) in [6.45, 7) is 10.5. The Morgan fingerprint density at radius 1 is 1.00 bits per heavy atom. The summed E-state index contributed by atoms with van der Waals surface area (Å²) >= 11 is 0. The average molecular weight is 603 g/mol. The van der Waals surface area contributed by atoms with Gasteiger partial charge in [-0.25, -0.2) is 17.9 Å². The Labute approximate surface area is 248 Å². The van der Waals surface area contributed by atoms with E-state index in [9.17, 15) is 22.8 Å². The van der Waals surface area contributed by atoms with Crippen LogP contribution in [-0.2, 0) is 35.7 Å². The predicted octanol–water partition coefficient (Wildman–Crippen LogP) is 2.88. The van der Waals surface area contributed by atoms with E-state index in [1.807, 2.05) is 37.3 Å². The fourth-order valence-electron chi connectivity index (χ4n) is 4.28. The number of ether oxygens (including phenoxy) is 2. The minimum Gasteiger partial charge on any atom is -0.444 e. The van der Waals surface area contributed by atoms with Crippen molar-refractivity contribution in [1.29, 1.82) is 0 Å². The molecule has 1 aliphatic heterocycles. The normalized spacial score (nSPS) is 16.5. The molecule has 1 aliphatic rings. The van der Waals surface area contributed by atoms with Crippen molar-refractivity contribution >= 4 is 27.9 Å². The predicted molar refractivity (Wildman–Crippen MR) is 158 cm³/mol. The number of amides is 3.